The molecule has 94 valence electrons. The molecule has 4 unspecified atom stereocenters. The van der Waals surface area contributed by atoms with Crippen molar-refractivity contribution in [3.63, 3.8) is 0 Å². The van der Waals surface area contributed by atoms with E-state index in [1.165, 1.54) is 44.9 Å². The third-order valence-electron chi connectivity index (χ3n) is 4.89. The Kier molecular flexibility index (Phi) is 4.65. The second-order valence-electron chi connectivity index (χ2n) is 5.75. The quantitative estimate of drug-likeness (QED) is 0.453. The number of allylic oxidation sites excluding steroid dienone is 4. The molecule has 0 aromatic rings. The van der Waals surface area contributed by atoms with E-state index in [-0.39, 0.29) is 0 Å². The normalized spacial score (nSPS) is 36.9. The van der Waals surface area contributed by atoms with Crippen molar-refractivity contribution in [3.05, 3.63) is 37.5 Å². The topological polar surface area (TPSA) is 0 Å². The van der Waals surface area contributed by atoms with Crippen LogP contribution in [0.25, 0.3) is 0 Å². The molecule has 0 heteroatoms. The standard InChI is InChI=1S/C17H26/c1-3-5-8-14-12-13-15-9-7-11-17(15)16(14)10-6-4-2/h3-5,8,14-17H,1-2,6-7,9-13H2/b8-5+. The smallest absolute Gasteiger partial charge is 0.0199 e. The van der Waals surface area contributed by atoms with Crippen LogP contribution >= 0.6 is 0 Å². The maximum absolute atomic E-state index is 3.88. The van der Waals surface area contributed by atoms with Crippen LogP contribution in [0.1, 0.15) is 44.9 Å². The van der Waals surface area contributed by atoms with Gasteiger partial charge < -0.3 is 0 Å². The lowest BCUT2D eigenvalue weighted by atomic mass is 9.66. The number of fused-ring (bicyclic) bond motifs is 1. The van der Waals surface area contributed by atoms with E-state index in [0.717, 1.165) is 23.7 Å². The maximum Gasteiger partial charge on any atom is -0.0199 e. The molecule has 0 aromatic carbocycles. The molecule has 0 amide bonds. The lowest BCUT2D eigenvalue weighted by molar-refractivity contribution is 0.130. The van der Waals surface area contributed by atoms with E-state index >= 15 is 0 Å². The van der Waals surface area contributed by atoms with Gasteiger partial charge >= 0.3 is 0 Å². The molecule has 0 heterocycles. The van der Waals surface area contributed by atoms with Crippen LogP contribution in [0.2, 0.25) is 0 Å². The van der Waals surface area contributed by atoms with Gasteiger partial charge in [-0.05, 0) is 55.8 Å². The minimum absolute atomic E-state index is 0.798. The highest BCUT2D eigenvalue weighted by atomic mass is 14.4. The van der Waals surface area contributed by atoms with Crippen LogP contribution in [0.15, 0.2) is 37.5 Å². The highest BCUT2D eigenvalue weighted by Crippen LogP contribution is 2.49. The molecular weight excluding hydrogens is 204 g/mol. The molecule has 0 N–H and O–H groups in total. The number of hydrogen-bond acceptors (Lipinski definition) is 0. The van der Waals surface area contributed by atoms with Crippen molar-refractivity contribution < 1.29 is 0 Å². The highest BCUT2D eigenvalue weighted by molar-refractivity contribution is 5.05. The van der Waals surface area contributed by atoms with Crippen LogP contribution in [-0.4, -0.2) is 0 Å². The van der Waals surface area contributed by atoms with Gasteiger partial charge in [-0.1, -0.05) is 43.7 Å². The fraction of sp³-hybridized carbons (Fsp3) is 0.647. The molecule has 2 rings (SSSR count). The summed E-state index contributed by atoms with van der Waals surface area (Å²) >= 11 is 0. The maximum atomic E-state index is 3.88. The molecule has 0 bridgehead atoms. The molecule has 4 atom stereocenters. The van der Waals surface area contributed by atoms with Gasteiger partial charge in [-0.15, -0.1) is 6.58 Å². The highest BCUT2D eigenvalue weighted by Gasteiger charge is 2.39. The van der Waals surface area contributed by atoms with Gasteiger partial charge in [0.15, 0.2) is 0 Å². The average molecular weight is 230 g/mol. The van der Waals surface area contributed by atoms with Crippen molar-refractivity contribution in [3.8, 4) is 0 Å². The van der Waals surface area contributed by atoms with Crippen molar-refractivity contribution >= 4 is 0 Å². The molecule has 0 nitrogen and oxygen atoms in total. The van der Waals surface area contributed by atoms with E-state index in [0.29, 0.717) is 0 Å². The zero-order chi connectivity index (χ0) is 12.1. The molecule has 2 saturated carbocycles. The van der Waals surface area contributed by atoms with E-state index < -0.39 is 0 Å². The summed E-state index contributed by atoms with van der Waals surface area (Å²) in [6.07, 6.45) is 18.4. The molecule has 0 aromatic heterocycles. The molecule has 0 aliphatic heterocycles. The first-order chi connectivity index (χ1) is 8.36. The SMILES string of the molecule is C=C/C=C/C1CCC2CCCC2C1CCC=C. The third kappa shape index (κ3) is 2.91. The van der Waals surface area contributed by atoms with Gasteiger partial charge in [0.1, 0.15) is 0 Å². The summed E-state index contributed by atoms with van der Waals surface area (Å²) in [4.78, 5) is 0. The van der Waals surface area contributed by atoms with Crippen LogP contribution in [0, 0.1) is 23.7 Å². The lowest BCUT2D eigenvalue weighted by Gasteiger charge is -2.39. The van der Waals surface area contributed by atoms with E-state index in [2.05, 4.69) is 31.4 Å². The van der Waals surface area contributed by atoms with Gasteiger partial charge in [-0.25, -0.2) is 0 Å². The van der Waals surface area contributed by atoms with Gasteiger partial charge in [0.2, 0.25) is 0 Å². The van der Waals surface area contributed by atoms with Gasteiger partial charge in [0, 0.05) is 0 Å². The van der Waals surface area contributed by atoms with Crippen LogP contribution < -0.4 is 0 Å². The Labute approximate surface area is 106 Å². The average Bonchev–Trinajstić information content (AvgIpc) is 2.82. The summed E-state index contributed by atoms with van der Waals surface area (Å²) in [6, 6.07) is 0. The zero-order valence-corrected chi connectivity index (χ0v) is 11.0. The molecule has 17 heavy (non-hydrogen) atoms. The zero-order valence-electron chi connectivity index (χ0n) is 11.0. The van der Waals surface area contributed by atoms with E-state index in [1.54, 1.807) is 0 Å². The first-order valence-corrected chi connectivity index (χ1v) is 7.27. The largest absolute Gasteiger partial charge is 0.103 e. The van der Waals surface area contributed by atoms with Gasteiger partial charge in [0.05, 0.1) is 0 Å². The predicted octanol–water partition coefficient (Wildman–Crippen LogP) is 5.14. The van der Waals surface area contributed by atoms with E-state index in [1.807, 2.05) is 6.08 Å². The molecule has 0 radical (unpaired) electrons. The van der Waals surface area contributed by atoms with E-state index in [9.17, 15) is 0 Å². The minimum Gasteiger partial charge on any atom is -0.103 e. The Bertz CT molecular complexity index is 286. The Morgan fingerprint density at radius 2 is 1.94 bits per heavy atom. The Morgan fingerprint density at radius 1 is 1.06 bits per heavy atom. The fourth-order valence-electron chi connectivity index (χ4n) is 4.12. The second kappa shape index (κ2) is 6.23. The summed E-state index contributed by atoms with van der Waals surface area (Å²) in [5.41, 5.74) is 0. The summed E-state index contributed by atoms with van der Waals surface area (Å²) in [7, 11) is 0. The van der Waals surface area contributed by atoms with E-state index in [4.69, 9.17) is 0 Å². The summed E-state index contributed by atoms with van der Waals surface area (Å²) in [5.74, 6) is 3.75. The van der Waals surface area contributed by atoms with Gasteiger partial charge in [-0.2, -0.15) is 0 Å². The van der Waals surface area contributed by atoms with Crippen molar-refractivity contribution in [2.75, 3.05) is 0 Å². The lowest BCUT2D eigenvalue weighted by Crippen LogP contribution is -2.30. The Hall–Kier alpha value is -0.780. The molecule has 0 spiro atoms. The fourth-order valence-corrected chi connectivity index (χ4v) is 4.12. The summed E-state index contributed by atoms with van der Waals surface area (Å²) < 4.78 is 0. The Morgan fingerprint density at radius 3 is 2.71 bits per heavy atom. The monoisotopic (exact) mass is 230 g/mol. The molecule has 2 fully saturated rings. The summed E-state index contributed by atoms with van der Waals surface area (Å²) in [6.45, 7) is 7.68. The van der Waals surface area contributed by atoms with Crippen molar-refractivity contribution in [1.82, 2.24) is 0 Å². The van der Waals surface area contributed by atoms with Crippen LogP contribution in [0.4, 0.5) is 0 Å². The van der Waals surface area contributed by atoms with Crippen molar-refractivity contribution in [1.29, 1.82) is 0 Å². The molecule has 2 aliphatic carbocycles. The van der Waals surface area contributed by atoms with Crippen LogP contribution in [-0.2, 0) is 0 Å². The minimum atomic E-state index is 0.798. The summed E-state index contributed by atoms with van der Waals surface area (Å²) in [5, 5.41) is 0. The van der Waals surface area contributed by atoms with Crippen molar-refractivity contribution in [2.24, 2.45) is 23.7 Å². The molecule has 2 aliphatic rings. The van der Waals surface area contributed by atoms with Crippen LogP contribution in [0.5, 0.6) is 0 Å². The number of rotatable bonds is 5. The van der Waals surface area contributed by atoms with Crippen molar-refractivity contribution in [2.45, 2.75) is 44.9 Å². The van der Waals surface area contributed by atoms with Gasteiger partial charge in [-0.3, -0.25) is 0 Å². The first-order valence-electron chi connectivity index (χ1n) is 7.27. The predicted molar refractivity (Wildman–Crippen MR) is 75.8 cm³/mol. The Balaban J connectivity index is 2.05. The third-order valence-corrected chi connectivity index (χ3v) is 4.89. The molecule has 0 saturated heterocycles. The van der Waals surface area contributed by atoms with Crippen LogP contribution in [0.3, 0.4) is 0 Å². The first kappa shape index (κ1) is 12.7. The van der Waals surface area contributed by atoms with Gasteiger partial charge in [0.25, 0.3) is 0 Å². The number of hydrogen-bond donors (Lipinski definition) is 0. The second-order valence-corrected chi connectivity index (χ2v) is 5.75. The molecular formula is C17H26.